The molecule has 0 N–H and O–H groups in total. The lowest BCUT2D eigenvalue weighted by atomic mass is 10.1. The molecule has 0 aromatic rings. The van der Waals surface area contributed by atoms with Crippen molar-refractivity contribution in [1.29, 1.82) is 0 Å². The minimum Gasteiger partial charge on any atom is -0.398 e. The fourth-order valence-electron chi connectivity index (χ4n) is 2.46. The van der Waals surface area contributed by atoms with Gasteiger partial charge in [-0.1, -0.05) is 71.6 Å². The quantitative estimate of drug-likeness (QED) is 0.336. The first kappa shape index (κ1) is 18.1. The zero-order chi connectivity index (χ0) is 13.7. The van der Waals surface area contributed by atoms with Crippen LogP contribution in [0.3, 0.4) is 0 Å². The van der Waals surface area contributed by atoms with Crippen LogP contribution in [0.15, 0.2) is 0 Å². The van der Waals surface area contributed by atoms with Crippen LogP contribution in [-0.4, -0.2) is 22.8 Å². The van der Waals surface area contributed by atoms with Crippen molar-refractivity contribution in [3.8, 4) is 0 Å². The van der Waals surface area contributed by atoms with E-state index in [0.29, 0.717) is 0 Å². The standard InChI is InChI=1S/C15H34O2Si/c1-5-7-8-9-10-11-12-13-14-15-18(6-2,16-3)17-4/h5-15H2,1-4H3. The number of hydrogen-bond acceptors (Lipinski definition) is 2. The molecule has 0 atom stereocenters. The molecule has 2 nitrogen and oxygen atoms in total. The normalized spacial score (nSPS) is 12.0. The first-order chi connectivity index (χ1) is 8.74. The van der Waals surface area contributed by atoms with Gasteiger partial charge in [-0.3, -0.25) is 0 Å². The minimum absolute atomic E-state index is 1.07. The second-order valence-electron chi connectivity index (χ2n) is 5.25. The highest BCUT2D eigenvalue weighted by atomic mass is 28.4. The molecule has 0 saturated carbocycles. The van der Waals surface area contributed by atoms with E-state index in [1.165, 1.54) is 57.8 Å². The summed E-state index contributed by atoms with van der Waals surface area (Å²) in [6.45, 7) is 4.46. The van der Waals surface area contributed by atoms with Gasteiger partial charge < -0.3 is 8.85 Å². The van der Waals surface area contributed by atoms with Gasteiger partial charge in [0.1, 0.15) is 0 Å². The monoisotopic (exact) mass is 274 g/mol. The predicted molar refractivity (Wildman–Crippen MR) is 82.3 cm³/mol. The van der Waals surface area contributed by atoms with Gasteiger partial charge in [0.05, 0.1) is 0 Å². The third-order valence-corrected chi connectivity index (χ3v) is 7.62. The Morgan fingerprint density at radius 3 is 1.50 bits per heavy atom. The minimum atomic E-state index is -1.80. The van der Waals surface area contributed by atoms with E-state index in [0.717, 1.165) is 12.1 Å². The summed E-state index contributed by atoms with van der Waals surface area (Å²) in [5, 5.41) is 0. The highest BCUT2D eigenvalue weighted by Gasteiger charge is 2.32. The fraction of sp³-hybridized carbons (Fsp3) is 1.00. The van der Waals surface area contributed by atoms with Gasteiger partial charge in [0, 0.05) is 14.2 Å². The molecule has 0 heterocycles. The second-order valence-corrected chi connectivity index (χ2v) is 9.10. The Labute approximate surface area is 116 Å². The number of hydrogen-bond donors (Lipinski definition) is 0. The molecule has 0 fully saturated rings. The van der Waals surface area contributed by atoms with Crippen molar-refractivity contribution in [3.63, 3.8) is 0 Å². The van der Waals surface area contributed by atoms with Gasteiger partial charge in [-0.2, -0.15) is 0 Å². The molecule has 0 aliphatic carbocycles. The summed E-state index contributed by atoms with van der Waals surface area (Å²) in [7, 11) is 1.82. The largest absolute Gasteiger partial charge is 0.398 e. The molecule has 0 rings (SSSR count). The zero-order valence-corrected chi connectivity index (χ0v) is 14.1. The summed E-state index contributed by atoms with van der Waals surface area (Å²) < 4.78 is 11.2. The molecule has 0 bridgehead atoms. The van der Waals surface area contributed by atoms with Crippen molar-refractivity contribution in [2.75, 3.05) is 14.2 Å². The second kappa shape index (κ2) is 12.2. The molecule has 0 saturated heterocycles. The third kappa shape index (κ3) is 8.28. The van der Waals surface area contributed by atoms with Crippen molar-refractivity contribution in [2.45, 2.75) is 83.7 Å². The lowest BCUT2D eigenvalue weighted by Gasteiger charge is -2.25. The molecule has 18 heavy (non-hydrogen) atoms. The van der Waals surface area contributed by atoms with Crippen molar-refractivity contribution in [2.24, 2.45) is 0 Å². The van der Waals surface area contributed by atoms with Crippen LogP contribution in [0.4, 0.5) is 0 Å². The van der Waals surface area contributed by atoms with Gasteiger partial charge in [-0.25, -0.2) is 0 Å². The molecule has 110 valence electrons. The first-order valence-electron chi connectivity index (χ1n) is 7.85. The highest BCUT2D eigenvalue weighted by Crippen LogP contribution is 2.21. The Morgan fingerprint density at radius 2 is 1.11 bits per heavy atom. The maximum Gasteiger partial charge on any atom is 0.337 e. The molecule has 0 unspecified atom stereocenters. The predicted octanol–water partition coefficient (Wildman–Crippen LogP) is 5.27. The van der Waals surface area contributed by atoms with Gasteiger partial charge in [0.25, 0.3) is 0 Å². The van der Waals surface area contributed by atoms with Gasteiger partial charge in [0.2, 0.25) is 0 Å². The summed E-state index contributed by atoms with van der Waals surface area (Å²) in [6.07, 6.45) is 12.4. The van der Waals surface area contributed by atoms with Crippen molar-refractivity contribution < 1.29 is 8.85 Å². The Bertz CT molecular complexity index is 162. The molecular formula is C15H34O2Si. The van der Waals surface area contributed by atoms with E-state index in [1.807, 2.05) is 14.2 Å². The van der Waals surface area contributed by atoms with Crippen LogP contribution < -0.4 is 0 Å². The van der Waals surface area contributed by atoms with E-state index in [-0.39, 0.29) is 0 Å². The molecule has 0 aliphatic heterocycles. The topological polar surface area (TPSA) is 18.5 Å². The lowest BCUT2D eigenvalue weighted by Crippen LogP contribution is -2.38. The zero-order valence-electron chi connectivity index (χ0n) is 13.1. The van der Waals surface area contributed by atoms with Crippen LogP contribution in [0, 0.1) is 0 Å². The van der Waals surface area contributed by atoms with Crippen LogP contribution in [0.1, 0.15) is 71.6 Å². The maximum atomic E-state index is 5.62. The smallest absolute Gasteiger partial charge is 0.337 e. The van der Waals surface area contributed by atoms with E-state index in [4.69, 9.17) is 8.85 Å². The SMILES string of the molecule is CCCCCCCCCCC[Si](CC)(OC)OC. The Kier molecular flexibility index (Phi) is 12.3. The van der Waals surface area contributed by atoms with E-state index < -0.39 is 8.56 Å². The van der Waals surface area contributed by atoms with Crippen LogP contribution in [0.5, 0.6) is 0 Å². The summed E-state index contributed by atoms with van der Waals surface area (Å²) in [5.41, 5.74) is 0. The van der Waals surface area contributed by atoms with Crippen LogP contribution in [-0.2, 0) is 8.85 Å². The van der Waals surface area contributed by atoms with E-state index >= 15 is 0 Å². The number of unbranched alkanes of at least 4 members (excludes halogenated alkanes) is 8. The molecular weight excluding hydrogens is 240 g/mol. The number of rotatable bonds is 13. The van der Waals surface area contributed by atoms with Crippen molar-refractivity contribution >= 4 is 8.56 Å². The Morgan fingerprint density at radius 1 is 0.667 bits per heavy atom. The van der Waals surface area contributed by atoms with Gasteiger partial charge >= 0.3 is 8.56 Å². The van der Waals surface area contributed by atoms with E-state index in [9.17, 15) is 0 Å². The van der Waals surface area contributed by atoms with Crippen molar-refractivity contribution in [1.82, 2.24) is 0 Å². The van der Waals surface area contributed by atoms with Crippen LogP contribution in [0.25, 0.3) is 0 Å². The molecule has 0 aromatic heterocycles. The van der Waals surface area contributed by atoms with Gasteiger partial charge in [0.15, 0.2) is 0 Å². The van der Waals surface area contributed by atoms with Crippen molar-refractivity contribution in [3.05, 3.63) is 0 Å². The molecule has 3 heteroatoms. The van der Waals surface area contributed by atoms with Crippen LogP contribution in [0.2, 0.25) is 12.1 Å². The summed E-state index contributed by atoms with van der Waals surface area (Å²) in [6, 6.07) is 2.23. The van der Waals surface area contributed by atoms with E-state index in [1.54, 1.807) is 0 Å². The summed E-state index contributed by atoms with van der Waals surface area (Å²) in [5.74, 6) is 0. The summed E-state index contributed by atoms with van der Waals surface area (Å²) >= 11 is 0. The molecule has 0 radical (unpaired) electrons. The average Bonchev–Trinajstić information content (AvgIpc) is 2.42. The Hall–Kier alpha value is 0.137. The highest BCUT2D eigenvalue weighted by molar-refractivity contribution is 6.67. The fourth-order valence-corrected chi connectivity index (χ4v) is 4.75. The van der Waals surface area contributed by atoms with Crippen LogP contribution >= 0.6 is 0 Å². The van der Waals surface area contributed by atoms with E-state index in [2.05, 4.69) is 13.8 Å². The molecule has 0 spiro atoms. The molecule has 0 amide bonds. The molecule has 0 aromatic carbocycles. The lowest BCUT2D eigenvalue weighted by molar-refractivity contribution is 0.241. The van der Waals surface area contributed by atoms with Gasteiger partial charge in [-0.05, 0) is 12.1 Å². The molecule has 0 aliphatic rings. The first-order valence-corrected chi connectivity index (χ1v) is 10.1. The van der Waals surface area contributed by atoms with Gasteiger partial charge in [-0.15, -0.1) is 0 Å². The Balaban J connectivity index is 3.38. The maximum absolute atomic E-state index is 5.62. The summed E-state index contributed by atoms with van der Waals surface area (Å²) in [4.78, 5) is 0. The average molecular weight is 275 g/mol. The third-order valence-electron chi connectivity index (χ3n) is 3.94.